The first-order chi connectivity index (χ1) is 12.4. The van der Waals surface area contributed by atoms with Crippen LogP contribution in [-0.4, -0.2) is 59.9 Å². The van der Waals surface area contributed by atoms with E-state index in [-0.39, 0.29) is 17.3 Å². The molecule has 9 heteroatoms. The third-order valence-electron chi connectivity index (χ3n) is 4.72. The Morgan fingerprint density at radius 2 is 2.15 bits per heavy atom. The van der Waals surface area contributed by atoms with Gasteiger partial charge in [-0.3, -0.25) is 9.89 Å². The van der Waals surface area contributed by atoms with Gasteiger partial charge in [-0.1, -0.05) is 19.8 Å². The number of amides is 1. The molecule has 0 aliphatic carbocycles. The zero-order chi connectivity index (χ0) is 18.9. The summed E-state index contributed by atoms with van der Waals surface area (Å²) in [5, 5.41) is 6.62. The van der Waals surface area contributed by atoms with Crippen LogP contribution in [0.1, 0.15) is 31.9 Å². The van der Waals surface area contributed by atoms with Crippen LogP contribution in [0.3, 0.4) is 0 Å². The molecule has 26 heavy (non-hydrogen) atoms. The van der Waals surface area contributed by atoms with E-state index in [0.29, 0.717) is 30.2 Å². The van der Waals surface area contributed by atoms with Gasteiger partial charge in [0.25, 0.3) is 0 Å². The highest BCUT2D eigenvalue weighted by Gasteiger charge is 2.41. The van der Waals surface area contributed by atoms with Gasteiger partial charge in [0.2, 0.25) is 15.9 Å². The Kier molecular flexibility index (Phi) is 5.19. The van der Waals surface area contributed by atoms with Crippen molar-refractivity contribution in [1.82, 2.24) is 19.4 Å². The number of sulfonamides is 1. The zero-order valence-corrected chi connectivity index (χ0v) is 16.0. The Balaban J connectivity index is 1.97. The lowest BCUT2D eigenvalue weighted by atomic mass is 10.1. The number of nitrogens with zero attached hydrogens (tertiary/aromatic N) is 3. The van der Waals surface area contributed by atoms with Crippen molar-refractivity contribution < 1.29 is 17.6 Å². The molecule has 2 aromatic rings. The molecular formula is C17H24N4O4S. The number of aromatic amines is 1. The largest absolute Gasteiger partial charge is 0.458 e. The summed E-state index contributed by atoms with van der Waals surface area (Å²) in [4.78, 5) is 14.3. The van der Waals surface area contributed by atoms with Crippen LogP contribution in [-0.2, 0) is 14.8 Å². The molecule has 0 saturated carbocycles. The number of unbranched alkanes of at least 4 members (excludes halogenated alkanes) is 1. The van der Waals surface area contributed by atoms with Gasteiger partial charge in [0.05, 0.1) is 0 Å². The fourth-order valence-corrected chi connectivity index (χ4v) is 4.98. The number of likely N-dealkylation sites (N-methyl/N-ethyl adjacent to an activating group) is 1. The molecule has 0 aromatic carbocycles. The number of carbonyl (C=O) groups is 1. The number of H-pyrrole nitrogens is 1. The Labute approximate surface area is 153 Å². The first kappa shape index (κ1) is 18.7. The zero-order valence-electron chi connectivity index (χ0n) is 15.2. The molecule has 1 saturated heterocycles. The first-order valence-corrected chi connectivity index (χ1v) is 10.2. The summed E-state index contributed by atoms with van der Waals surface area (Å²) in [7, 11) is -2.13. The Bertz CT molecular complexity index is 873. The van der Waals surface area contributed by atoms with Gasteiger partial charge in [-0.25, -0.2) is 8.42 Å². The highest BCUT2D eigenvalue weighted by Crippen LogP contribution is 2.31. The molecule has 3 heterocycles. The number of furan rings is 1. The topological polar surface area (TPSA) is 99.5 Å². The van der Waals surface area contributed by atoms with Gasteiger partial charge < -0.3 is 9.32 Å². The third-order valence-corrected chi connectivity index (χ3v) is 6.74. The molecule has 1 atom stereocenters. The molecule has 1 aliphatic rings. The summed E-state index contributed by atoms with van der Waals surface area (Å²) in [6, 6.07) is 2.54. The maximum atomic E-state index is 13.3. The normalized spacial score (nSPS) is 19.3. The van der Waals surface area contributed by atoms with E-state index in [0.717, 1.165) is 12.8 Å². The summed E-state index contributed by atoms with van der Waals surface area (Å²) in [6.07, 6.45) is 3.78. The van der Waals surface area contributed by atoms with Crippen LogP contribution in [0.5, 0.6) is 0 Å². The van der Waals surface area contributed by atoms with E-state index in [2.05, 4.69) is 10.2 Å². The van der Waals surface area contributed by atoms with Crippen LogP contribution in [0.15, 0.2) is 27.6 Å². The molecule has 0 spiro atoms. The lowest BCUT2D eigenvalue weighted by Gasteiger charge is -2.38. The van der Waals surface area contributed by atoms with E-state index in [9.17, 15) is 13.2 Å². The van der Waals surface area contributed by atoms with Crippen molar-refractivity contribution in [3.63, 3.8) is 0 Å². The average Bonchev–Trinajstić information content (AvgIpc) is 3.25. The van der Waals surface area contributed by atoms with Gasteiger partial charge in [0.15, 0.2) is 5.76 Å². The molecule has 1 N–H and O–H groups in total. The predicted octanol–water partition coefficient (Wildman–Crippen LogP) is 2.00. The van der Waals surface area contributed by atoms with Crippen molar-refractivity contribution in [2.24, 2.45) is 0 Å². The monoisotopic (exact) mass is 380 g/mol. The number of carbonyl (C=O) groups excluding carboxylic acids is 1. The quantitative estimate of drug-likeness (QED) is 0.826. The predicted molar refractivity (Wildman–Crippen MR) is 95.9 cm³/mol. The van der Waals surface area contributed by atoms with Gasteiger partial charge in [0, 0.05) is 32.4 Å². The van der Waals surface area contributed by atoms with E-state index in [1.807, 2.05) is 6.92 Å². The minimum Gasteiger partial charge on any atom is -0.458 e. The number of piperazine rings is 1. The second kappa shape index (κ2) is 7.24. The summed E-state index contributed by atoms with van der Waals surface area (Å²) in [5.74, 6) is 0.558. The number of hydrogen-bond donors (Lipinski definition) is 1. The Morgan fingerprint density at radius 1 is 1.38 bits per heavy atom. The average molecular weight is 380 g/mol. The fourth-order valence-electron chi connectivity index (χ4n) is 3.22. The van der Waals surface area contributed by atoms with E-state index < -0.39 is 16.1 Å². The summed E-state index contributed by atoms with van der Waals surface area (Å²) >= 11 is 0. The molecule has 1 unspecified atom stereocenters. The Morgan fingerprint density at radius 3 is 2.81 bits per heavy atom. The van der Waals surface area contributed by atoms with Gasteiger partial charge in [-0.15, -0.1) is 0 Å². The molecule has 1 aliphatic heterocycles. The summed E-state index contributed by atoms with van der Waals surface area (Å²) in [5.41, 5.74) is 0.603. The van der Waals surface area contributed by atoms with E-state index in [1.54, 1.807) is 31.1 Å². The second-order valence-corrected chi connectivity index (χ2v) is 8.39. The van der Waals surface area contributed by atoms with Crippen molar-refractivity contribution in [2.45, 2.75) is 44.0 Å². The van der Waals surface area contributed by atoms with Gasteiger partial charge in [0.1, 0.15) is 22.4 Å². The highest BCUT2D eigenvalue weighted by atomic mass is 32.2. The minimum absolute atomic E-state index is 0.0981. The molecule has 1 amide bonds. The number of hydrogen-bond acceptors (Lipinski definition) is 5. The van der Waals surface area contributed by atoms with Crippen molar-refractivity contribution in [3.05, 3.63) is 24.1 Å². The second-order valence-electron chi connectivity index (χ2n) is 6.53. The third kappa shape index (κ3) is 3.28. The molecule has 2 aromatic heterocycles. The van der Waals surface area contributed by atoms with E-state index in [1.165, 1.54) is 10.4 Å². The van der Waals surface area contributed by atoms with Crippen molar-refractivity contribution in [3.8, 4) is 11.5 Å². The van der Waals surface area contributed by atoms with Gasteiger partial charge in [-0.2, -0.15) is 9.40 Å². The van der Waals surface area contributed by atoms with Crippen LogP contribution in [0.25, 0.3) is 11.5 Å². The minimum atomic E-state index is -3.84. The van der Waals surface area contributed by atoms with E-state index >= 15 is 0 Å². The molecule has 8 nitrogen and oxygen atoms in total. The maximum Gasteiger partial charge on any atom is 0.247 e. The summed E-state index contributed by atoms with van der Waals surface area (Å²) < 4.78 is 33.5. The summed E-state index contributed by atoms with van der Waals surface area (Å²) in [6.45, 7) is 4.30. The van der Waals surface area contributed by atoms with Crippen LogP contribution in [0.2, 0.25) is 0 Å². The van der Waals surface area contributed by atoms with E-state index in [4.69, 9.17) is 4.42 Å². The van der Waals surface area contributed by atoms with Crippen LogP contribution < -0.4 is 0 Å². The van der Waals surface area contributed by atoms with Crippen LogP contribution in [0.4, 0.5) is 0 Å². The molecule has 142 valence electrons. The van der Waals surface area contributed by atoms with Gasteiger partial charge >= 0.3 is 0 Å². The fraction of sp³-hybridized carbons (Fsp3) is 0.529. The molecule has 0 radical (unpaired) electrons. The van der Waals surface area contributed by atoms with Crippen molar-refractivity contribution in [1.29, 1.82) is 0 Å². The lowest BCUT2D eigenvalue weighted by molar-refractivity contribution is -0.137. The molecular weight excluding hydrogens is 356 g/mol. The van der Waals surface area contributed by atoms with Crippen molar-refractivity contribution >= 4 is 15.9 Å². The smallest absolute Gasteiger partial charge is 0.247 e. The number of nitrogens with one attached hydrogen (secondary N) is 1. The standard InChI is InChI=1S/C17H24N4O4S/c1-4-5-6-14-17(22)20(3)9-10-21(14)26(23,24)16-11-15(25-12(16)2)13-7-8-18-19-13/h7-8,11,14H,4-6,9-10H2,1-3H3,(H,18,19). The number of rotatable bonds is 6. The lowest BCUT2D eigenvalue weighted by Crippen LogP contribution is -2.57. The molecule has 3 rings (SSSR count). The number of aryl methyl sites for hydroxylation is 1. The van der Waals surface area contributed by atoms with Gasteiger partial charge in [-0.05, 0) is 19.4 Å². The SMILES string of the molecule is CCCCC1C(=O)N(C)CCN1S(=O)(=O)c1cc(-c2ccn[nH]2)oc1C. The molecule has 1 fully saturated rings. The van der Waals surface area contributed by atoms with Crippen molar-refractivity contribution in [2.75, 3.05) is 20.1 Å². The molecule has 0 bridgehead atoms. The maximum absolute atomic E-state index is 13.3. The highest BCUT2D eigenvalue weighted by molar-refractivity contribution is 7.89. The van der Waals surface area contributed by atoms with Crippen LogP contribution in [0, 0.1) is 6.92 Å². The number of aromatic nitrogens is 2. The Hall–Kier alpha value is -2.13. The van der Waals surface area contributed by atoms with Crippen LogP contribution >= 0.6 is 0 Å². The first-order valence-electron chi connectivity index (χ1n) is 8.73.